The third-order valence-corrected chi connectivity index (χ3v) is 10.7. The number of amides is 3. The van der Waals surface area contributed by atoms with Gasteiger partial charge in [0.25, 0.3) is 5.91 Å². The Kier molecular flexibility index (Phi) is 9.71. The zero-order valence-electron chi connectivity index (χ0n) is 28.6. The van der Waals surface area contributed by atoms with E-state index in [1.54, 1.807) is 26.9 Å². The molecule has 9 nitrogen and oxygen atoms in total. The number of aryl methyl sites for hydroxylation is 2. The second kappa shape index (κ2) is 13.3. The standard InChI is InChI=1S/C38H49N3O6/c1-9-20-39(28-16-18-29(19-17-28)46-12-4)34(43)30-31-35(44)41(27(11-3)23-42)33(38(31)22-26(7)37(30,8)47-38)36(45)40(21-10-2)32-24(5)14-13-15-25(32)6/h9-10,13-19,26-27,30-31,33,42H,1-2,11-12,20-23H2,3-8H3/t26?,27-,30-,31-,33?,37+,38?/m0/s1. The van der Waals surface area contributed by atoms with Gasteiger partial charge in [-0.3, -0.25) is 14.4 Å². The molecule has 252 valence electrons. The summed E-state index contributed by atoms with van der Waals surface area (Å²) in [4.78, 5) is 49.6. The van der Waals surface area contributed by atoms with Gasteiger partial charge in [-0.05, 0) is 81.8 Å². The average molecular weight is 644 g/mol. The van der Waals surface area contributed by atoms with Crippen LogP contribution in [0.4, 0.5) is 11.4 Å². The highest BCUT2D eigenvalue weighted by atomic mass is 16.5. The van der Waals surface area contributed by atoms with E-state index in [0.717, 1.165) is 16.8 Å². The molecule has 3 unspecified atom stereocenters. The van der Waals surface area contributed by atoms with Gasteiger partial charge in [-0.25, -0.2) is 0 Å². The number of likely N-dealkylation sites (tertiary alicyclic amines) is 1. The Balaban J connectivity index is 1.65. The first-order valence-corrected chi connectivity index (χ1v) is 16.7. The smallest absolute Gasteiger partial charge is 0.253 e. The molecule has 7 atom stereocenters. The van der Waals surface area contributed by atoms with Crippen molar-refractivity contribution in [3.63, 3.8) is 0 Å². The summed E-state index contributed by atoms with van der Waals surface area (Å²) in [6.07, 6.45) is 4.20. The van der Waals surface area contributed by atoms with Crippen molar-refractivity contribution < 1.29 is 29.0 Å². The van der Waals surface area contributed by atoms with Crippen LogP contribution in [0.2, 0.25) is 0 Å². The number of nitrogens with zero attached hydrogens (tertiary/aromatic N) is 3. The molecular formula is C38H49N3O6. The lowest BCUT2D eigenvalue weighted by Crippen LogP contribution is -2.59. The summed E-state index contributed by atoms with van der Waals surface area (Å²) in [5.41, 5.74) is 0.971. The van der Waals surface area contributed by atoms with Crippen LogP contribution in [0.5, 0.6) is 5.75 Å². The Hall–Kier alpha value is -3.95. The van der Waals surface area contributed by atoms with Crippen molar-refractivity contribution in [1.29, 1.82) is 0 Å². The highest BCUT2D eigenvalue weighted by Gasteiger charge is 2.80. The van der Waals surface area contributed by atoms with Gasteiger partial charge in [0, 0.05) is 24.5 Å². The number of carbonyl (C=O) groups is 3. The second-order valence-corrected chi connectivity index (χ2v) is 13.3. The van der Waals surface area contributed by atoms with Crippen molar-refractivity contribution >= 4 is 29.1 Å². The van der Waals surface area contributed by atoms with Gasteiger partial charge in [0.1, 0.15) is 17.4 Å². The van der Waals surface area contributed by atoms with Crippen molar-refractivity contribution in [2.75, 3.05) is 36.1 Å². The molecule has 0 saturated carbocycles. The van der Waals surface area contributed by atoms with Crippen LogP contribution in [0.15, 0.2) is 67.8 Å². The molecule has 3 fully saturated rings. The van der Waals surface area contributed by atoms with Crippen molar-refractivity contribution in [1.82, 2.24) is 4.90 Å². The summed E-state index contributed by atoms with van der Waals surface area (Å²) < 4.78 is 12.6. The van der Waals surface area contributed by atoms with E-state index in [0.29, 0.717) is 30.9 Å². The zero-order chi connectivity index (χ0) is 34.3. The molecular weight excluding hydrogens is 594 g/mol. The third kappa shape index (κ3) is 5.37. The minimum atomic E-state index is -1.26. The molecule has 47 heavy (non-hydrogen) atoms. The molecule has 3 aliphatic rings. The summed E-state index contributed by atoms with van der Waals surface area (Å²) in [7, 11) is 0. The number of carbonyl (C=O) groups excluding carboxylic acids is 3. The van der Waals surface area contributed by atoms with Gasteiger partial charge in [0.05, 0.1) is 36.7 Å². The van der Waals surface area contributed by atoms with Gasteiger partial charge in [0.2, 0.25) is 11.8 Å². The average Bonchev–Trinajstić information content (AvgIpc) is 3.56. The molecule has 5 rings (SSSR count). The summed E-state index contributed by atoms with van der Waals surface area (Å²) >= 11 is 0. The molecule has 2 bridgehead atoms. The fraction of sp³-hybridized carbons (Fsp3) is 0.500. The molecule has 3 aliphatic heterocycles. The van der Waals surface area contributed by atoms with Gasteiger partial charge >= 0.3 is 0 Å². The molecule has 2 aromatic carbocycles. The number of para-hydroxylation sites is 1. The maximum absolute atomic E-state index is 15.1. The largest absolute Gasteiger partial charge is 0.494 e. The summed E-state index contributed by atoms with van der Waals surface area (Å²) in [5, 5.41) is 10.6. The van der Waals surface area contributed by atoms with Crippen LogP contribution in [-0.2, 0) is 19.1 Å². The Morgan fingerprint density at radius 3 is 2.23 bits per heavy atom. The van der Waals surface area contributed by atoms with Crippen molar-refractivity contribution in [2.24, 2.45) is 17.8 Å². The lowest BCUT2D eigenvalue weighted by atomic mass is 9.62. The van der Waals surface area contributed by atoms with E-state index in [1.807, 2.05) is 84.0 Å². The van der Waals surface area contributed by atoms with E-state index >= 15 is 4.79 Å². The lowest BCUT2D eigenvalue weighted by molar-refractivity contribution is -0.149. The SMILES string of the molecule is C=CCN(C(=O)[C@@H]1[C@H]2C(=O)N([C@@H](CC)CO)C(C(=O)N(CC=C)c3c(C)cccc3C)C23CC(C)[C@@]1(C)O3)c1ccc(OCC)cc1. The van der Waals surface area contributed by atoms with Crippen LogP contribution >= 0.6 is 0 Å². The topological polar surface area (TPSA) is 99.6 Å². The number of hydrogen-bond donors (Lipinski definition) is 1. The molecule has 2 aromatic rings. The lowest BCUT2D eigenvalue weighted by Gasteiger charge is -2.40. The van der Waals surface area contributed by atoms with Gasteiger partial charge in [0.15, 0.2) is 0 Å². The monoisotopic (exact) mass is 643 g/mol. The minimum absolute atomic E-state index is 0.135. The van der Waals surface area contributed by atoms with Gasteiger partial charge in [-0.15, -0.1) is 13.2 Å². The zero-order valence-corrected chi connectivity index (χ0v) is 28.6. The number of ether oxygens (including phenoxy) is 2. The molecule has 3 saturated heterocycles. The number of aliphatic hydroxyl groups excluding tert-OH is 1. The van der Waals surface area contributed by atoms with Gasteiger partial charge in [-0.2, -0.15) is 0 Å². The summed E-state index contributed by atoms with van der Waals surface area (Å²) in [5.74, 6) is -2.11. The Labute approximate surface area is 278 Å². The molecule has 1 N–H and O–H groups in total. The number of fused-ring (bicyclic) bond motifs is 1. The number of hydrogen-bond acceptors (Lipinski definition) is 6. The molecule has 9 heteroatoms. The quantitative estimate of drug-likeness (QED) is 0.301. The van der Waals surface area contributed by atoms with Gasteiger partial charge < -0.3 is 29.3 Å². The van der Waals surface area contributed by atoms with E-state index in [9.17, 15) is 14.7 Å². The van der Waals surface area contributed by atoms with Gasteiger partial charge in [-0.1, -0.05) is 44.2 Å². The van der Waals surface area contributed by atoms with Crippen molar-refractivity contribution in [3.05, 3.63) is 78.9 Å². The molecule has 0 aliphatic carbocycles. The first-order valence-electron chi connectivity index (χ1n) is 16.7. The Morgan fingerprint density at radius 1 is 1.06 bits per heavy atom. The summed E-state index contributed by atoms with van der Waals surface area (Å²) in [6, 6.07) is 11.5. The van der Waals surface area contributed by atoms with Crippen LogP contribution in [-0.4, -0.2) is 77.3 Å². The maximum atomic E-state index is 15.1. The van der Waals surface area contributed by atoms with E-state index in [-0.39, 0.29) is 43.3 Å². The second-order valence-electron chi connectivity index (χ2n) is 13.3. The number of rotatable bonds is 13. The first kappa shape index (κ1) is 34.4. The molecule has 0 radical (unpaired) electrons. The highest BCUT2D eigenvalue weighted by Crippen LogP contribution is 2.66. The fourth-order valence-corrected chi connectivity index (χ4v) is 8.45. The molecule has 1 spiro atoms. The van der Waals surface area contributed by atoms with Crippen LogP contribution in [0.1, 0.15) is 51.7 Å². The maximum Gasteiger partial charge on any atom is 0.253 e. The minimum Gasteiger partial charge on any atom is -0.494 e. The van der Waals surface area contributed by atoms with E-state index in [1.165, 1.54) is 0 Å². The molecule has 3 heterocycles. The van der Waals surface area contributed by atoms with E-state index in [4.69, 9.17) is 9.47 Å². The van der Waals surface area contributed by atoms with Crippen molar-refractivity contribution in [3.8, 4) is 5.75 Å². The Bertz CT molecular complexity index is 1520. The third-order valence-electron chi connectivity index (χ3n) is 10.7. The number of benzene rings is 2. The first-order chi connectivity index (χ1) is 22.4. The van der Waals surface area contributed by atoms with E-state index in [2.05, 4.69) is 13.2 Å². The predicted molar refractivity (Wildman–Crippen MR) is 183 cm³/mol. The molecule has 3 amide bonds. The van der Waals surface area contributed by atoms with Crippen LogP contribution in [0, 0.1) is 31.6 Å². The predicted octanol–water partition coefficient (Wildman–Crippen LogP) is 5.22. The highest BCUT2D eigenvalue weighted by molar-refractivity contribution is 6.07. The summed E-state index contributed by atoms with van der Waals surface area (Å²) in [6.45, 7) is 20.1. The van der Waals surface area contributed by atoms with Crippen molar-refractivity contribution in [2.45, 2.75) is 77.7 Å². The van der Waals surface area contributed by atoms with Crippen LogP contribution in [0.25, 0.3) is 0 Å². The van der Waals surface area contributed by atoms with E-state index < -0.39 is 35.1 Å². The molecule has 0 aromatic heterocycles. The normalized spacial score (nSPS) is 28.1. The fourth-order valence-electron chi connectivity index (χ4n) is 8.45. The van der Waals surface area contributed by atoms with Crippen LogP contribution in [0.3, 0.4) is 0 Å². The van der Waals surface area contributed by atoms with Crippen LogP contribution < -0.4 is 14.5 Å². The number of anilines is 2. The Morgan fingerprint density at radius 2 is 1.68 bits per heavy atom. The number of aliphatic hydroxyl groups is 1.